The van der Waals surface area contributed by atoms with E-state index in [0.29, 0.717) is 28.7 Å². The first-order valence-corrected chi connectivity index (χ1v) is 12.7. The molecule has 0 aliphatic carbocycles. The third-order valence-electron chi connectivity index (χ3n) is 7.69. The van der Waals surface area contributed by atoms with E-state index in [2.05, 4.69) is 41.0 Å². The van der Waals surface area contributed by atoms with Gasteiger partial charge >= 0.3 is 0 Å². The van der Waals surface area contributed by atoms with Gasteiger partial charge in [0.15, 0.2) is 11.5 Å². The largest absolute Gasteiger partial charge is 0.493 e. The van der Waals surface area contributed by atoms with Crippen molar-refractivity contribution in [2.24, 2.45) is 0 Å². The quantitative estimate of drug-likeness (QED) is 0.429. The number of methoxy groups -OCH3 is 2. The highest BCUT2D eigenvalue weighted by Crippen LogP contribution is 2.39. The number of anilines is 1. The Morgan fingerprint density at radius 2 is 1.41 bits per heavy atom. The maximum atomic E-state index is 13.7. The smallest absolute Gasteiger partial charge is 0.264 e. The van der Waals surface area contributed by atoms with Crippen LogP contribution in [0.4, 0.5) is 5.69 Å². The van der Waals surface area contributed by atoms with Crippen LogP contribution < -0.4 is 14.4 Å². The maximum Gasteiger partial charge on any atom is 0.264 e. The normalized spacial score (nSPS) is 17.5. The van der Waals surface area contributed by atoms with Crippen LogP contribution in [-0.2, 0) is 0 Å². The minimum Gasteiger partial charge on any atom is -0.493 e. The molecular formula is C30H33N3O4. The molecule has 0 radical (unpaired) electrons. The number of amides is 2. The third kappa shape index (κ3) is 4.44. The van der Waals surface area contributed by atoms with Gasteiger partial charge in [0.05, 0.1) is 37.1 Å². The molecule has 37 heavy (non-hydrogen) atoms. The first-order valence-electron chi connectivity index (χ1n) is 12.7. The summed E-state index contributed by atoms with van der Waals surface area (Å²) in [5.74, 6) is 0.647. The van der Waals surface area contributed by atoms with Crippen LogP contribution in [0.1, 0.15) is 57.8 Å². The lowest BCUT2D eigenvalue weighted by molar-refractivity contribution is 0.0595. The molecule has 192 valence electrons. The molecule has 0 spiro atoms. The molecule has 1 saturated heterocycles. The molecule has 7 nitrogen and oxygen atoms in total. The lowest BCUT2D eigenvalue weighted by Gasteiger charge is -2.39. The van der Waals surface area contributed by atoms with Crippen LogP contribution in [0, 0.1) is 0 Å². The van der Waals surface area contributed by atoms with Crippen LogP contribution in [0.3, 0.4) is 0 Å². The SMILES string of the molecule is COc1ccc([C@@H](C)N2C(=O)c3cccc(N4CCN(C(C)c5ccccc5)CC4)c3C2=O)cc1OC. The van der Waals surface area contributed by atoms with E-state index in [1.165, 1.54) is 10.5 Å². The highest BCUT2D eigenvalue weighted by molar-refractivity contribution is 6.24. The van der Waals surface area contributed by atoms with Gasteiger partial charge in [0, 0.05) is 32.2 Å². The van der Waals surface area contributed by atoms with Crippen LogP contribution in [-0.4, -0.2) is 62.0 Å². The molecule has 7 heteroatoms. The Hall–Kier alpha value is -3.84. The zero-order chi connectivity index (χ0) is 26.1. The molecule has 0 bridgehead atoms. The van der Waals surface area contributed by atoms with E-state index < -0.39 is 6.04 Å². The van der Waals surface area contributed by atoms with Gasteiger partial charge in [-0.15, -0.1) is 0 Å². The summed E-state index contributed by atoms with van der Waals surface area (Å²) in [5, 5.41) is 0. The predicted octanol–water partition coefficient (Wildman–Crippen LogP) is 4.94. The lowest BCUT2D eigenvalue weighted by atomic mass is 10.0. The fourth-order valence-corrected chi connectivity index (χ4v) is 5.46. The van der Waals surface area contributed by atoms with E-state index in [0.717, 1.165) is 37.4 Å². The summed E-state index contributed by atoms with van der Waals surface area (Å²) in [6.07, 6.45) is 0. The van der Waals surface area contributed by atoms with Crippen molar-refractivity contribution in [3.8, 4) is 11.5 Å². The second-order valence-electron chi connectivity index (χ2n) is 9.58. The summed E-state index contributed by atoms with van der Waals surface area (Å²) >= 11 is 0. The molecule has 1 fully saturated rings. The van der Waals surface area contributed by atoms with Crippen molar-refractivity contribution in [3.63, 3.8) is 0 Å². The first kappa shape index (κ1) is 24.8. The number of piperazine rings is 1. The van der Waals surface area contributed by atoms with Gasteiger partial charge in [-0.2, -0.15) is 0 Å². The van der Waals surface area contributed by atoms with Crippen molar-refractivity contribution in [2.75, 3.05) is 45.3 Å². The second-order valence-corrected chi connectivity index (χ2v) is 9.58. The number of hydrogen-bond acceptors (Lipinski definition) is 6. The molecule has 0 saturated carbocycles. The molecule has 1 unspecified atom stereocenters. The van der Waals surface area contributed by atoms with Crippen LogP contribution in [0.5, 0.6) is 11.5 Å². The fourth-order valence-electron chi connectivity index (χ4n) is 5.46. The molecule has 2 aliphatic heterocycles. The standard InChI is InChI=1S/C30H33N3O4/c1-20(22-9-6-5-7-10-22)31-15-17-32(18-16-31)25-12-8-11-24-28(25)30(35)33(29(24)34)21(2)23-13-14-26(36-3)27(19-23)37-4/h5-14,19-21H,15-18H2,1-4H3/t20?,21-/m1/s1. The van der Waals surface area contributed by atoms with E-state index >= 15 is 0 Å². The number of rotatable bonds is 7. The Bertz CT molecular complexity index is 1300. The Labute approximate surface area is 218 Å². The second kappa shape index (κ2) is 10.3. The molecule has 0 N–H and O–H groups in total. The van der Waals surface area contributed by atoms with Gasteiger partial charge in [0.2, 0.25) is 0 Å². The number of nitrogens with zero attached hydrogens (tertiary/aromatic N) is 3. The van der Waals surface area contributed by atoms with Crippen molar-refractivity contribution in [1.82, 2.24) is 9.80 Å². The Morgan fingerprint density at radius 3 is 2.08 bits per heavy atom. The number of ether oxygens (including phenoxy) is 2. The number of benzene rings is 3. The lowest BCUT2D eigenvalue weighted by Crippen LogP contribution is -2.47. The monoisotopic (exact) mass is 499 g/mol. The zero-order valence-corrected chi connectivity index (χ0v) is 21.8. The number of hydrogen-bond donors (Lipinski definition) is 0. The molecular weight excluding hydrogens is 466 g/mol. The Balaban J connectivity index is 1.36. The van der Waals surface area contributed by atoms with Gasteiger partial charge in [-0.05, 0) is 49.2 Å². The minimum absolute atomic E-state index is 0.252. The van der Waals surface area contributed by atoms with E-state index in [1.54, 1.807) is 26.4 Å². The van der Waals surface area contributed by atoms with Crippen LogP contribution in [0.25, 0.3) is 0 Å². The Morgan fingerprint density at radius 1 is 0.703 bits per heavy atom. The molecule has 3 aromatic carbocycles. The number of carbonyl (C=O) groups is 2. The highest BCUT2D eigenvalue weighted by atomic mass is 16.5. The van der Waals surface area contributed by atoms with E-state index in [1.807, 2.05) is 37.3 Å². The van der Waals surface area contributed by atoms with Crippen molar-refractivity contribution in [1.29, 1.82) is 0 Å². The average molecular weight is 500 g/mol. The van der Waals surface area contributed by atoms with Gasteiger partial charge in [-0.25, -0.2) is 0 Å². The molecule has 3 aromatic rings. The van der Waals surface area contributed by atoms with Crippen molar-refractivity contribution >= 4 is 17.5 Å². The summed E-state index contributed by atoms with van der Waals surface area (Å²) in [5.41, 5.74) is 3.92. The molecule has 5 rings (SSSR count). The Kier molecular flexibility index (Phi) is 6.89. The van der Waals surface area contributed by atoms with E-state index in [4.69, 9.17) is 9.47 Å². The molecule has 2 amide bonds. The number of imide groups is 1. The molecule has 0 aromatic heterocycles. The van der Waals surface area contributed by atoms with Crippen molar-refractivity contribution in [3.05, 3.63) is 89.0 Å². The minimum atomic E-state index is -0.455. The summed E-state index contributed by atoms with van der Waals surface area (Å²) in [6, 6.07) is 21.5. The molecule has 2 heterocycles. The maximum absolute atomic E-state index is 13.7. The van der Waals surface area contributed by atoms with Gasteiger partial charge < -0.3 is 14.4 Å². The zero-order valence-electron chi connectivity index (χ0n) is 21.8. The van der Waals surface area contributed by atoms with Gasteiger partial charge in [-0.1, -0.05) is 42.5 Å². The van der Waals surface area contributed by atoms with Gasteiger partial charge in [0.1, 0.15) is 0 Å². The van der Waals surface area contributed by atoms with E-state index in [9.17, 15) is 9.59 Å². The molecule has 2 aliphatic rings. The van der Waals surface area contributed by atoms with Crippen LogP contribution >= 0.6 is 0 Å². The van der Waals surface area contributed by atoms with E-state index in [-0.39, 0.29) is 11.8 Å². The average Bonchev–Trinajstić information content (AvgIpc) is 3.21. The fraction of sp³-hybridized carbons (Fsp3) is 0.333. The summed E-state index contributed by atoms with van der Waals surface area (Å²) in [7, 11) is 3.15. The van der Waals surface area contributed by atoms with Crippen LogP contribution in [0.2, 0.25) is 0 Å². The van der Waals surface area contributed by atoms with Crippen LogP contribution in [0.15, 0.2) is 66.7 Å². The highest BCUT2D eigenvalue weighted by Gasteiger charge is 2.41. The van der Waals surface area contributed by atoms with Gasteiger partial charge in [0.25, 0.3) is 11.8 Å². The summed E-state index contributed by atoms with van der Waals surface area (Å²) in [4.78, 5) is 33.3. The predicted molar refractivity (Wildman–Crippen MR) is 144 cm³/mol. The summed E-state index contributed by atoms with van der Waals surface area (Å²) < 4.78 is 10.8. The van der Waals surface area contributed by atoms with Crippen molar-refractivity contribution < 1.29 is 19.1 Å². The summed E-state index contributed by atoms with van der Waals surface area (Å²) in [6.45, 7) is 7.45. The first-order chi connectivity index (χ1) is 17.9. The topological polar surface area (TPSA) is 62.3 Å². The van der Waals surface area contributed by atoms with Crippen molar-refractivity contribution in [2.45, 2.75) is 25.9 Å². The molecule has 2 atom stereocenters. The van der Waals surface area contributed by atoms with Gasteiger partial charge in [-0.3, -0.25) is 19.4 Å². The number of carbonyl (C=O) groups excluding carboxylic acids is 2. The third-order valence-corrected chi connectivity index (χ3v) is 7.69. The number of fused-ring (bicyclic) bond motifs is 1.